The van der Waals surface area contributed by atoms with E-state index in [1.165, 1.54) is 23.2 Å². The van der Waals surface area contributed by atoms with Crippen LogP contribution in [0.5, 0.6) is 5.75 Å². The molecule has 1 atom stereocenters. The molecule has 1 unspecified atom stereocenters. The zero-order chi connectivity index (χ0) is 22.0. The molecule has 1 aromatic carbocycles. The van der Waals surface area contributed by atoms with Gasteiger partial charge in [0.2, 0.25) is 5.95 Å². The maximum atomic E-state index is 12.7. The Morgan fingerprint density at radius 1 is 1.27 bits per heavy atom. The minimum atomic E-state index is -1.13. The van der Waals surface area contributed by atoms with E-state index in [0.717, 1.165) is 10.1 Å². The van der Waals surface area contributed by atoms with Crippen LogP contribution < -0.4 is 21.3 Å². The van der Waals surface area contributed by atoms with Gasteiger partial charge in [0.05, 0.1) is 6.54 Å². The third-order valence-electron chi connectivity index (χ3n) is 4.57. The number of aliphatic carboxylic acids is 1. The van der Waals surface area contributed by atoms with Crippen LogP contribution >= 0.6 is 0 Å². The summed E-state index contributed by atoms with van der Waals surface area (Å²) in [6.07, 6.45) is -1.03. The first-order valence-corrected chi connectivity index (χ1v) is 9.18. The average Bonchev–Trinajstić information content (AvgIpc) is 3.06. The second-order valence-corrected chi connectivity index (χ2v) is 6.95. The Kier molecular flexibility index (Phi) is 5.92. The van der Waals surface area contributed by atoms with Gasteiger partial charge in [-0.3, -0.25) is 18.7 Å². The Morgan fingerprint density at radius 2 is 2.00 bits per heavy atom. The molecule has 2 aromatic heterocycles. The molecule has 0 bridgehead atoms. The number of carboxylic acid groups (broad SMARTS) is 1. The lowest BCUT2D eigenvalue weighted by Crippen LogP contribution is -2.38. The highest BCUT2D eigenvalue weighted by molar-refractivity contribution is 5.76. The molecule has 0 amide bonds. The number of carboxylic acids is 1. The number of aliphatic hydroxyl groups is 1. The Labute approximate surface area is 170 Å². The Bertz CT molecular complexity index is 1210. The van der Waals surface area contributed by atoms with Crippen molar-refractivity contribution < 1.29 is 19.7 Å². The number of carbonyl (C=O) groups is 1. The minimum Gasteiger partial charge on any atom is -0.491 e. The van der Waals surface area contributed by atoms with Crippen molar-refractivity contribution in [3.63, 3.8) is 0 Å². The van der Waals surface area contributed by atoms with Crippen LogP contribution in [-0.4, -0.2) is 54.1 Å². The monoisotopic (exact) mass is 417 g/mol. The molecule has 0 saturated carbocycles. The number of fused-ring (bicyclic) bond motifs is 1. The number of aryl methyl sites for hydroxylation is 2. The van der Waals surface area contributed by atoms with Crippen molar-refractivity contribution in [1.29, 1.82) is 0 Å². The summed E-state index contributed by atoms with van der Waals surface area (Å²) in [7, 11) is 2.79. The van der Waals surface area contributed by atoms with Crippen molar-refractivity contribution in [2.75, 3.05) is 18.5 Å². The average molecular weight is 417 g/mol. The van der Waals surface area contributed by atoms with Crippen molar-refractivity contribution in [2.24, 2.45) is 14.1 Å². The van der Waals surface area contributed by atoms with Crippen LogP contribution in [0.15, 0.2) is 33.9 Å². The number of imidazole rings is 1. The molecule has 0 spiro atoms. The summed E-state index contributed by atoms with van der Waals surface area (Å²) in [6, 6.07) is 7.34. The Hall–Kier alpha value is -3.60. The zero-order valence-corrected chi connectivity index (χ0v) is 16.8. The molecule has 0 radical (unpaired) electrons. The van der Waals surface area contributed by atoms with Crippen LogP contribution in [0.3, 0.4) is 0 Å². The summed E-state index contributed by atoms with van der Waals surface area (Å²) < 4.78 is 9.09. The van der Waals surface area contributed by atoms with Crippen LogP contribution in [0, 0.1) is 6.92 Å². The maximum absolute atomic E-state index is 12.7. The van der Waals surface area contributed by atoms with Gasteiger partial charge in [-0.25, -0.2) is 4.79 Å². The van der Waals surface area contributed by atoms with E-state index in [-0.39, 0.29) is 30.3 Å². The molecule has 0 fully saturated rings. The first-order valence-electron chi connectivity index (χ1n) is 9.18. The second-order valence-electron chi connectivity index (χ2n) is 6.95. The quantitative estimate of drug-likeness (QED) is 0.453. The van der Waals surface area contributed by atoms with E-state index < -0.39 is 29.9 Å². The fourth-order valence-corrected chi connectivity index (χ4v) is 3.07. The first-order chi connectivity index (χ1) is 14.2. The zero-order valence-electron chi connectivity index (χ0n) is 16.8. The van der Waals surface area contributed by atoms with E-state index >= 15 is 0 Å². The number of aliphatic hydroxyl groups excluding tert-OH is 1. The number of rotatable bonds is 8. The van der Waals surface area contributed by atoms with Gasteiger partial charge < -0.3 is 24.8 Å². The van der Waals surface area contributed by atoms with Gasteiger partial charge in [0, 0.05) is 14.1 Å². The standard InChI is InChI=1S/C19H23N5O6/c1-11-5-4-6-13(7-11)30-10-12(25)9-24-15-16(21-18(24)20-8-14(26)27)22(2)19(29)23(3)17(15)28/h4-7,12,25H,8-10H2,1-3H3,(H,20,21)(H,26,27). The Balaban J connectivity index is 1.95. The number of hydrogen-bond donors (Lipinski definition) is 3. The molecule has 0 aliphatic carbocycles. The number of anilines is 1. The van der Waals surface area contributed by atoms with E-state index in [2.05, 4.69) is 10.3 Å². The number of nitrogens with one attached hydrogen (secondary N) is 1. The summed E-state index contributed by atoms with van der Waals surface area (Å²) >= 11 is 0. The molecule has 3 aromatic rings. The fraction of sp³-hybridized carbons (Fsp3) is 0.368. The van der Waals surface area contributed by atoms with Crippen molar-refractivity contribution >= 4 is 23.1 Å². The smallest absolute Gasteiger partial charge is 0.332 e. The second kappa shape index (κ2) is 8.41. The minimum absolute atomic E-state index is 0.0558. The molecule has 3 N–H and O–H groups in total. The van der Waals surface area contributed by atoms with Crippen molar-refractivity contribution in [3.8, 4) is 5.75 Å². The molecule has 0 aliphatic rings. The predicted octanol–water partition coefficient (Wildman–Crippen LogP) is -0.321. The summed E-state index contributed by atoms with van der Waals surface area (Å²) in [4.78, 5) is 40.1. The first kappa shape index (κ1) is 21.1. The molecular formula is C19H23N5O6. The molecule has 11 nitrogen and oxygen atoms in total. The molecule has 30 heavy (non-hydrogen) atoms. The van der Waals surface area contributed by atoms with Gasteiger partial charge in [-0.1, -0.05) is 12.1 Å². The maximum Gasteiger partial charge on any atom is 0.332 e. The van der Waals surface area contributed by atoms with Gasteiger partial charge >= 0.3 is 11.7 Å². The van der Waals surface area contributed by atoms with Crippen LogP contribution in [0.1, 0.15) is 5.56 Å². The van der Waals surface area contributed by atoms with E-state index in [4.69, 9.17) is 9.84 Å². The number of benzene rings is 1. The van der Waals surface area contributed by atoms with Crippen LogP contribution in [-0.2, 0) is 25.4 Å². The van der Waals surface area contributed by atoms with Crippen molar-refractivity contribution in [1.82, 2.24) is 18.7 Å². The van der Waals surface area contributed by atoms with Crippen LogP contribution in [0.4, 0.5) is 5.95 Å². The Morgan fingerprint density at radius 3 is 2.67 bits per heavy atom. The lowest BCUT2D eigenvalue weighted by molar-refractivity contribution is -0.134. The molecule has 0 saturated heterocycles. The number of nitrogens with zero attached hydrogens (tertiary/aromatic N) is 4. The lowest BCUT2D eigenvalue weighted by Gasteiger charge is -2.16. The van der Waals surface area contributed by atoms with Crippen LogP contribution in [0.25, 0.3) is 11.2 Å². The number of ether oxygens (including phenoxy) is 1. The van der Waals surface area contributed by atoms with Gasteiger partial charge in [0.1, 0.15) is 25.0 Å². The number of hydrogen-bond acceptors (Lipinski definition) is 7. The van der Waals surface area contributed by atoms with Gasteiger partial charge in [-0.15, -0.1) is 0 Å². The van der Waals surface area contributed by atoms with Crippen molar-refractivity contribution in [3.05, 3.63) is 50.7 Å². The molecule has 160 valence electrons. The normalized spacial score (nSPS) is 12.1. The highest BCUT2D eigenvalue weighted by atomic mass is 16.5. The predicted molar refractivity (Wildman–Crippen MR) is 109 cm³/mol. The van der Waals surface area contributed by atoms with Crippen LogP contribution in [0.2, 0.25) is 0 Å². The molecule has 0 aliphatic heterocycles. The summed E-state index contributed by atoms with van der Waals surface area (Å²) in [5.74, 6) is -0.480. The molecule has 11 heteroatoms. The highest BCUT2D eigenvalue weighted by Crippen LogP contribution is 2.17. The highest BCUT2D eigenvalue weighted by Gasteiger charge is 2.21. The van der Waals surface area contributed by atoms with E-state index in [0.29, 0.717) is 5.75 Å². The summed E-state index contributed by atoms with van der Waals surface area (Å²) in [5.41, 5.74) is -0.00177. The largest absolute Gasteiger partial charge is 0.491 e. The van der Waals surface area contributed by atoms with Gasteiger partial charge in [-0.05, 0) is 24.6 Å². The third-order valence-corrected chi connectivity index (χ3v) is 4.57. The van der Waals surface area contributed by atoms with E-state index in [1.54, 1.807) is 6.07 Å². The van der Waals surface area contributed by atoms with Gasteiger partial charge in [-0.2, -0.15) is 4.98 Å². The summed E-state index contributed by atoms with van der Waals surface area (Å²) in [5, 5.41) is 22.1. The third kappa shape index (κ3) is 4.20. The van der Waals surface area contributed by atoms with Gasteiger partial charge in [0.25, 0.3) is 5.56 Å². The van der Waals surface area contributed by atoms with Gasteiger partial charge in [0.15, 0.2) is 11.2 Å². The SMILES string of the molecule is Cc1cccc(OCC(O)Cn2c(NCC(=O)O)nc3c2c(=O)n(C)c(=O)n3C)c1. The lowest BCUT2D eigenvalue weighted by atomic mass is 10.2. The fourth-order valence-electron chi connectivity index (χ4n) is 3.07. The van der Waals surface area contributed by atoms with E-state index in [1.807, 2.05) is 25.1 Å². The number of aromatic nitrogens is 4. The van der Waals surface area contributed by atoms with E-state index in [9.17, 15) is 19.5 Å². The topological polar surface area (TPSA) is 141 Å². The summed E-state index contributed by atoms with van der Waals surface area (Å²) in [6.45, 7) is 1.31. The molecule has 2 heterocycles. The molecule has 3 rings (SSSR count). The van der Waals surface area contributed by atoms with Crippen molar-refractivity contribution in [2.45, 2.75) is 19.6 Å². The molecular weight excluding hydrogens is 394 g/mol.